The van der Waals surface area contributed by atoms with Gasteiger partial charge in [0, 0.05) is 19.4 Å². The molecule has 5 nitrogen and oxygen atoms in total. The van der Waals surface area contributed by atoms with Crippen molar-refractivity contribution in [3.8, 4) is 0 Å². The van der Waals surface area contributed by atoms with Crippen LogP contribution in [0.1, 0.15) is 292 Å². The summed E-state index contributed by atoms with van der Waals surface area (Å²) in [7, 11) is 0. The zero-order valence-corrected chi connectivity index (χ0v) is 41.9. The van der Waals surface area contributed by atoms with Crippen molar-refractivity contribution < 1.29 is 23.8 Å². The van der Waals surface area contributed by atoms with E-state index in [2.05, 4.69) is 48.5 Å². The van der Waals surface area contributed by atoms with E-state index in [1.807, 2.05) is 0 Å². The van der Waals surface area contributed by atoms with E-state index in [9.17, 15) is 9.59 Å². The first-order valence-electron chi connectivity index (χ1n) is 27.1. The van der Waals surface area contributed by atoms with Gasteiger partial charge in [0.05, 0.1) is 6.61 Å². The van der Waals surface area contributed by atoms with Crippen LogP contribution in [0.4, 0.5) is 0 Å². The van der Waals surface area contributed by atoms with Crippen LogP contribution in [0.3, 0.4) is 0 Å². The number of rotatable bonds is 48. The van der Waals surface area contributed by atoms with Crippen LogP contribution >= 0.6 is 0 Å². The molecule has 358 valence electrons. The van der Waals surface area contributed by atoms with Crippen LogP contribution in [0.25, 0.3) is 0 Å². The third kappa shape index (κ3) is 44.9. The molecule has 0 heterocycles. The molecule has 0 bridgehead atoms. The van der Waals surface area contributed by atoms with E-state index < -0.39 is 6.10 Å². The van der Waals surface area contributed by atoms with Crippen molar-refractivity contribution in [1.29, 1.82) is 0 Å². The molecule has 0 fully saturated rings. The fraction of sp³-hybridized carbons (Fsp3) is 0.964. The second-order valence-corrected chi connectivity index (χ2v) is 20.1. The average Bonchev–Trinajstić information content (AvgIpc) is 3.21. The Balaban J connectivity index is 4.41. The summed E-state index contributed by atoms with van der Waals surface area (Å²) in [6.07, 6.45) is 46.7. The van der Waals surface area contributed by atoms with E-state index in [4.69, 9.17) is 14.2 Å². The second kappa shape index (κ2) is 45.9. The third-order valence-electron chi connectivity index (χ3n) is 13.0. The van der Waals surface area contributed by atoms with Crippen molar-refractivity contribution in [2.75, 3.05) is 19.8 Å². The summed E-state index contributed by atoms with van der Waals surface area (Å²) in [5.74, 6) is 2.73. The molecule has 0 saturated carbocycles. The molecule has 0 aliphatic heterocycles. The molecule has 0 aromatic rings. The first-order chi connectivity index (χ1) is 29.2. The topological polar surface area (TPSA) is 61.8 Å². The summed E-state index contributed by atoms with van der Waals surface area (Å²) >= 11 is 0. The zero-order chi connectivity index (χ0) is 44.2. The van der Waals surface area contributed by atoms with Crippen molar-refractivity contribution in [1.82, 2.24) is 0 Å². The second-order valence-electron chi connectivity index (χ2n) is 20.1. The molecule has 0 aromatic carbocycles. The average molecular weight is 849 g/mol. The van der Waals surface area contributed by atoms with Crippen LogP contribution < -0.4 is 0 Å². The first kappa shape index (κ1) is 58.9. The number of hydrogen-bond donors (Lipinski definition) is 0. The van der Waals surface area contributed by atoms with E-state index in [0.717, 1.165) is 49.9 Å². The molecule has 0 spiro atoms. The van der Waals surface area contributed by atoms with Gasteiger partial charge in [-0.25, -0.2) is 0 Å². The van der Waals surface area contributed by atoms with Gasteiger partial charge in [0.25, 0.3) is 0 Å². The number of carbonyl (C=O) groups excluding carboxylic acids is 2. The van der Waals surface area contributed by atoms with E-state index >= 15 is 0 Å². The molecular formula is C55H108O5. The minimum Gasteiger partial charge on any atom is -0.462 e. The molecule has 60 heavy (non-hydrogen) atoms. The van der Waals surface area contributed by atoms with E-state index in [-0.39, 0.29) is 25.2 Å². The Hall–Kier alpha value is -1.10. The molecule has 0 aliphatic rings. The lowest BCUT2D eigenvalue weighted by Gasteiger charge is -2.19. The maximum atomic E-state index is 12.9. The summed E-state index contributed by atoms with van der Waals surface area (Å²) < 4.78 is 17.6. The summed E-state index contributed by atoms with van der Waals surface area (Å²) in [5, 5.41) is 0. The molecule has 5 heteroatoms. The lowest BCUT2D eigenvalue weighted by atomic mass is 9.91. The molecule has 0 aromatic heterocycles. The van der Waals surface area contributed by atoms with Crippen LogP contribution in [-0.2, 0) is 23.8 Å². The van der Waals surface area contributed by atoms with E-state index in [1.54, 1.807) is 0 Å². The Morgan fingerprint density at radius 1 is 0.367 bits per heavy atom. The normalized spacial score (nSPS) is 13.7. The highest BCUT2D eigenvalue weighted by atomic mass is 16.6. The van der Waals surface area contributed by atoms with Crippen molar-refractivity contribution >= 4 is 11.9 Å². The minimum absolute atomic E-state index is 0.0891. The summed E-state index contributed by atoms with van der Waals surface area (Å²) in [4.78, 5) is 25.5. The van der Waals surface area contributed by atoms with Gasteiger partial charge in [-0.1, -0.05) is 260 Å². The SMILES string of the molecule is CCCCCCCCCCCCCCCC(=O)OCC(COCCC(C)CCCC(C)CCCC(C)CCCC(C)C)OC(=O)CCCCCCCCCCCCCCC. The Morgan fingerprint density at radius 3 is 1.08 bits per heavy atom. The van der Waals surface area contributed by atoms with Crippen molar-refractivity contribution in [3.63, 3.8) is 0 Å². The van der Waals surface area contributed by atoms with E-state index in [1.165, 1.54) is 199 Å². The lowest BCUT2D eigenvalue weighted by Crippen LogP contribution is -2.30. The van der Waals surface area contributed by atoms with Crippen LogP contribution in [0.15, 0.2) is 0 Å². The van der Waals surface area contributed by atoms with Gasteiger partial charge in [0.2, 0.25) is 0 Å². The standard InChI is InChI=1S/C55H108O5/c1-8-10-12-14-16-18-20-22-24-26-28-30-32-43-54(56)59-48-53(60-55(57)44-33-31-29-27-25-23-21-19-17-15-13-11-9-2)47-58-46-45-52(7)42-36-41-51(6)40-35-39-50(5)38-34-37-49(3)4/h49-53H,8-48H2,1-7H3. The van der Waals surface area contributed by atoms with Crippen molar-refractivity contribution in [3.05, 3.63) is 0 Å². The van der Waals surface area contributed by atoms with Gasteiger partial charge in [-0.05, 0) is 42.9 Å². The number of ether oxygens (including phenoxy) is 3. The highest BCUT2D eigenvalue weighted by molar-refractivity contribution is 5.70. The number of unbranched alkanes of at least 4 members (excludes halogenated alkanes) is 24. The maximum Gasteiger partial charge on any atom is 0.306 e. The number of esters is 2. The van der Waals surface area contributed by atoms with Gasteiger partial charge >= 0.3 is 11.9 Å². The Kier molecular flexibility index (Phi) is 45.1. The van der Waals surface area contributed by atoms with Gasteiger partial charge in [-0.15, -0.1) is 0 Å². The predicted molar refractivity (Wildman–Crippen MR) is 261 cm³/mol. The summed E-state index contributed by atoms with van der Waals surface area (Å²) in [6.45, 7) is 17.4. The highest BCUT2D eigenvalue weighted by Gasteiger charge is 2.18. The largest absolute Gasteiger partial charge is 0.462 e. The van der Waals surface area contributed by atoms with Crippen LogP contribution in [0.5, 0.6) is 0 Å². The highest BCUT2D eigenvalue weighted by Crippen LogP contribution is 2.23. The van der Waals surface area contributed by atoms with Crippen LogP contribution in [0.2, 0.25) is 0 Å². The Morgan fingerprint density at radius 2 is 0.700 bits per heavy atom. The van der Waals surface area contributed by atoms with Crippen molar-refractivity contribution in [2.24, 2.45) is 23.7 Å². The third-order valence-corrected chi connectivity index (χ3v) is 13.0. The van der Waals surface area contributed by atoms with E-state index in [0.29, 0.717) is 25.4 Å². The summed E-state index contributed by atoms with van der Waals surface area (Å²) in [5.41, 5.74) is 0. The molecule has 0 rings (SSSR count). The van der Waals surface area contributed by atoms with Gasteiger partial charge in [-0.2, -0.15) is 0 Å². The number of carbonyl (C=O) groups is 2. The molecule has 0 aliphatic carbocycles. The van der Waals surface area contributed by atoms with Crippen LogP contribution in [-0.4, -0.2) is 37.9 Å². The predicted octanol–water partition coefficient (Wildman–Crippen LogP) is 17.9. The quantitative estimate of drug-likeness (QED) is 0.0451. The monoisotopic (exact) mass is 849 g/mol. The van der Waals surface area contributed by atoms with Crippen molar-refractivity contribution in [2.45, 2.75) is 299 Å². The fourth-order valence-electron chi connectivity index (χ4n) is 8.63. The molecule has 0 amide bonds. The molecule has 0 N–H and O–H groups in total. The number of hydrogen-bond acceptors (Lipinski definition) is 5. The van der Waals surface area contributed by atoms with Gasteiger partial charge in [0.15, 0.2) is 6.10 Å². The first-order valence-corrected chi connectivity index (χ1v) is 27.1. The molecule has 4 unspecified atom stereocenters. The Bertz CT molecular complexity index is 888. The molecular weight excluding hydrogens is 741 g/mol. The van der Waals surface area contributed by atoms with Crippen LogP contribution in [0, 0.1) is 23.7 Å². The fourth-order valence-corrected chi connectivity index (χ4v) is 8.63. The maximum absolute atomic E-state index is 12.9. The molecule has 4 atom stereocenters. The smallest absolute Gasteiger partial charge is 0.306 e. The van der Waals surface area contributed by atoms with Gasteiger partial charge in [-0.3, -0.25) is 9.59 Å². The minimum atomic E-state index is -0.538. The molecule has 0 radical (unpaired) electrons. The van der Waals surface area contributed by atoms with Gasteiger partial charge in [0.1, 0.15) is 6.61 Å². The Labute approximate surface area is 376 Å². The molecule has 0 saturated heterocycles. The lowest BCUT2D eigenvalue weighted by molar-refractivity contribution is -0.163. The zero-order valence-electron chi connectivity index (χ0n) is 41.9. The van der Waals surface area contributed by atoms with Gasteiger partial charge < -0.3 is 14.2 Å². The summed E-state index contributed by atoms with van der Waals surface area (Å²) in [6, 6.07) is 0.